The van der Waals surface area contributed by atoms with Gasteiger partial charge in [0, 0.05) is 12.1 Å². The van der Waals surface area contributed by atoms with Gasteiger partial charge in [0.2, 0.25) is 0 Å². The topological polar surface area (TPSA) is 38.0 Å². The van der Waals surface area contributed by atoms with Gasteiger partial charge in [0.1, 0.15) is 0 Å². The molecule has 3 atom stereocenters. The second-order valence-electron chi connectivity index (χ2n) is 4.81. The van der Waals surface area contributed by atoms with E-state index in [1.54, 1.807) is 0 Å². The summed E-state index contributed by atoms with van der Waals surface area (Å²) in [7, 11) is 0. The Hall–Kier alpha value is -0.520. The largest absolute Gasteiger partial charge is 0.329 e. The highest BCUT2D eigenvalue weighted by Crippen LogP contribution is 2.35. The van der Waals surface area contributed by atoms with Gasteiger partial charge in [-0.05, 0) is 25.2 Å². The molecule has 0 spiro atoms. The minimum absolute atomic E-state index is 0.103. The zero-order chi connectivity index (χ0) is 11.3. The van der Waals surface area contributed by atoms with E-state index in [1.807, 2.05) is 0 Å². The van der Waals surface area contributed by atoms with Crippen LogP contribution in [0.1, 0.15) is 46.0 Å². The molecule has 2 nitrogen and oxygen atoms in total. The molecule has 0 heterocycles. The molecule has 0 aliphatic heterocycles. The lowest BCUT2D eigenvalue weighted by molar-refractivity contribution is 0.248. The lowest BCUT2D eigenvalue weighted by Crippen LogP contribution is -2.56. The van der Waals surface area contributed by atoms with Crippen molar-refractivity contribution in [2.45, 2.75) is 57.5 Å². The average molecular weight is 208 g/mol. The fourth-order valence-corrected chi connectivity index (χ4v) is 2.66. The molecule has 0 radical (unpaired) electrons. The molecule has 0 aromatic rings. The minimum atomic E-state index is 0.103. The lowest BCUT2D eigenvalue weighted by atomic mass is 9.87. The van der Waals surface area contributed by atoms with Crippen LogP contribution in [0, 0.1) is 18.3 Å². The molecule has 1 aliphatic rings. The highest BCUT2D eigenvalue weighted by molar-refractivity contribution is 5.07. The zero-order valence-electron chi connectivity index (χ0n) is 10.1. The summed E-state index contributed by atoms with van der Waals surface area (Å²) in [5.41, 5.74) is 6.03. The van der Waals surface area contributed by atoms with Gasteiger partial charge in [0.15, 0.2) is 0 Å². The number of nitrogens with two attached hydrogens (primary N) is 1. The van der Waals surface area contributed by atoms with E-state index in [0.29, 0.717) is 12.5 Å². The quantitative estimate of drug-likeness (QED) is 0.677. The van der Waals surface area contributed by atoms with Crippen molar-refractivity contribution in [2.24, 2.45) is 11.7 Å². The van der Waals surface area contributed by atoms with E-state index < -0.39 is 0 Å². The van der Waals surface area contributed by atoms with Gasteiger partial charge in [-0.3, -0.25) is 5.32 Å². The summed E-state index contributed by atoms with van der Waals surface area (Å²) >= 11 is 0. The van der Waals surface area contributed by atoms with Gasteiger partial charge in [0.05, 0.1) is 6.04 Å². The van der Waals surface area contributed by atoms with Crippen LogP contribution in [0.2, 0.25) is 0 Å². The summed E-state index contributed by atoms with van der Waals surface area (Å²) in [6, 6.07) is 0.194. The van der Waals surface area contributed by atoms with Crippen molar-refractivity contribution in [3.8, 4) is 12.3 Å². The van der Waals surface area contributed by atoms with Crippen molar-refractivity contribution in [1.29, 1.82) is 0 Å². The van der Waals surface area contributed by atoms with Crippen molar-refractivity contribution in [3.05, 3.63) is 0 Å². The SMILES string of the molecule is C#CC(CCC)NC1(CN)CCCC1C. The normalized spacial score (nSPS) is 32.5. The predicted octanol–water partition coefficient (Wildman–Crippen LogP) is 1.90. The van der Waals surface area contributed by atoms with E-state index in [0.717, 1.165) is 12.8 Å². The first kappa shape index (κ1) is 12.5. The van der Waals surface area contributed by atoms with Crippen LogP contribution >= 0.6 is 0 Å². The Bertz CT molecular complexity index is 231. The number of terminal acetylenes is 1. The molecule has 3 N–H and O–H groups in total. The Labute approximate surface area is 94.0 Å². The van der Waals surface area contributed by atoms with Crippen LogP contribution in [0.5, 0.6) is 0 Å². The molecular formula is C13H24N2. The minimum Gasteiger partial charge on any atom is -0.329 e. The second-order valence-corrected chi connectivity index (χ2v) is 4.81. The molecule has 2 heteroatoms. The van der Waals surface area contributed by atoms with Crippen LogP contribution in [0.25, 0.3) is 0 Å². The predicted molar refractivity (Wildman–Crippen MR) is 65.5 cm³/mol. The van der Waals surface area contributed by atoms with Gasteiger partial charge in [-0.25, -0.2) is 0 Å². The molecule has 3 unspecified atom stereocenters. The molecule has 0 amide bonds. The molecule has 0 saturated heterocycles. The van der Waals surface area contributed by atoms with Crippen LogP contribution in [0.3, 0.4) is 0 Å². The van der Waals surface area contributed by atoms with Crippen molar-refractivity contribution in [3.63, 3.8) is 0 Å². The summed E-state index contributed by atoms with van der Waals surface area (Å²) in [6.45, 7) is 5.15. The lowest BCUT2D eigenvalue weighted by Gasteiger charge is -2.36. The van der Waals surface area contributed by atoms with E-state index in [1.165, 1.54) is 19.3 Å². The van der Waals surface area contributed by atoms with Gasteiger partial charge in [-0.15, -0.1) is 6.42 Å². The second kappa shape index (κ2) is 5.53. The van der Waals surface area contributed by atoms with Crippen LogP contribution < -0.4 is 11.1 Å². The Morgan fingerprint density at radius 1 is 1.67 bits per heavy atom. The summed E-state index contributed by atoms with van der Waals surface area (Å²) in [6.07, 6.45) is 11.4. The summed E-state index contributed by atoms with van der Waals surface area (Å²) in [5.74, 6) is 3.49. The zero-order valence-corrected chi connectivity index (χ0v) is 10.1. The Morgan fingerprint density at radius 2 is 2.40 bits per heavy atom. The van der Waals surface area contributed by atoms with E-state index in [-0.39, 0.29) is 11.6 Å². The first-order valence-corrected chi connectivity index (χ1v) is 6.12. The Balaban J connectivity index is 2.63. The Morgan fingerprint density at radius 3 is 2.80 bits per heavy atom. The molecule has 0 aromatic heterocycles. The summed E-state index contributed by atoms with van der Waals surface area (Å²) < 4.78 is 0. The highest BCUT2D eigenvalue weighted by Gasteiger charge is 2.39. The molecule has 0 bridgehead atoms. The fraction of sp³-hybridized carbons (Fsp3) is 0.846. The van der Waals surface area contributed by atoms with Crippen molar-refractivity contribution in [1.82, 2.24) is 5.32 Å². The average Bonchev–Trinajstić information content (AvgIpc) is 2.60. The van der Waals surface area contributed by atoms with Gasteiger partial charge < -0.3 is 5.73 Å². The fourth-order valence-electron chi connectivity index (χ4n) is 2.66. The molecular weight excluding hydrogens is 184 g/mol. The molecule has 15 heavy (non-hydrogen) atoms. The number of hydrogen-bond donors (Lipinski definition) is 2. The molecule has 86 valence electrons. The third-order valence-corrected chi connectivity index (χ3v) is 3.81. The van der Waals surface area contributed by atoms with E-state index in [4.69, 9.17) is 12.2 Å². The van der Waals surface area contributed by atoms with E-state index in [2.05, 4.69) is 25.1 Å². The van der Waals surface area contributed by atoms with Crippen LogP contribution in [0.4, 0.5) is 0 Å². The number of nitrogens with one attached hydrogen (secondary N) is 1. The first-order valence-electron chi connectivity index (χ1n) is 6.12. The van der Waals surface area contributed by atoms with Crippen molar-refractivity contribution in [2.75, 3.05) is 6.54 Å². The van der Waals surface area contributed by atoms with Gasteiger partial charge in [0.25, 0.3) is 0 Å². The smallest absolute Gasteiger partial charge is 0.0691 e. The Kier molecular flexibility index (Phi) is 4.63. The maximum absolute atomic E-state index is 5.93. The monoisotopic (exact) mass is 208 g/mol. The third kappa shape index (κ3) is 2.74. The van der Waals surface area contributed by atoms with Crippen molar-refractivity contribution >= 4 is 0 Å². The first-order chi connectivity index (χ1) is 7.18. The summed E-state index contributed by atoms with van der Waals surface area (Å²) in [5, 5.41) is 3.62. The third-order valence-electron chi connectivity index (χ3n) is 3.81. The molecule has 1 rings (SSSR count). The van der Waals surface area contributed by atoms with Crippen molar-refractivity contribution < 1.29 is 0 Å². The van der Waals surface area contributed by atoms with E-state index in [9.17, 15) is 0 Å². The highest BCUT2D eigenvalue weighted by atomic mass is 15.0. The van der Waals surface area contributed by atoms with Gasteiger partial charge >= 0.3 is 0 Å². The molecule has 1 fully saturated rings. The van der Waals surface area contributed by atoms with Gasteiger partial charge in [-0.2, -0.15) is 0 Å². The summed E-state index contributed by atoms with van der Waals surface area (Å²) in [4.78, 5) is 0. The van der Waals surface area contributed by atoms with Crippen LogP contribution in [-0.2, 0) is 0 Å². The molecule has 1 aliphatic carbocycles. The van der Waals surface area contributed by atoms with Gasteiger partial charge in [-0.1, -0.05) is 32.6 Å². The van der Waals surface area contributed by atoms with E-state index >= 15 is 0 Å². The molecule has 1 saturated carbocycles. The standard InChI is InChI=1S/C13H24N2/c1-4-7-12(5-2)15-13(10-14)9-6-8-11(13)3/h2,11-12,15H,4,6-10,14H2,1,3H3. The number of hydrogen-bond acceptors (Lipinski definition) is 2. The van der Waals surface area contributed by atoms with Crippen LogP contribution in [-0.4, -0.2) is 18.1 Å². The number of rotatable bonds is 5. The maximum atomic E-state index is 5.93. The van der Waals surface area contributed by atoms with Crippen LogP contribution in [0.15, 0.2) is 0 Å². The molecule has 0 aromatic carbocycles. The maximum Gasteiger partial charge on any atom is 0.0691 e.